The molecule has 120 valence electrons. The second-order valence-corrected chi connectivity index (χ2v) is 6.23. The quantitative estimate of drug-likeness (QED) is 0.555. The molecule has 0 bridgehead atoms. The highest BCUT2D eigenvalue weighted by Gasteiger charge is 2.46. The van der Waals surface area contributed by atoms with Crippen LogP contribution in [-0.4, -0.2) is 42.0 Å². The van der Waals surface area contributed by atoms with Gasteiger partial charge in [-0.05, 0) is 24.2 Å². The fourth-order valence-corrected chi connectivity index (χ4v) is 2.95. The Bertz CT molecular complexity index is 422. The number of carbonyl (C=O) groups excluding carboxylic acids is 2. The minimum absolute atomic E-state index is 0.0292. The number of nitrogens with one attached hydrogen (secondary N) is 2. The van der Waals surface area contributed by atoms with Gasteiger partial charge in [0.25, 0.3) is 0 Å². The topological polar surface area (TPSA) is 122 Å². The minimum atomic E-state index is -0.785. The third-order valence-electron chi connectivity index (χ3n) is 4.72. The van der Waals surface area contributed by atoms with Crippen LogP contribution in [-0.2, 0) is 14.4 Å². The van der Waals surface area contributed by atoms with Crippen LogP contribution < -0.4 is 16.4 Å². The van der Waals surface area contributed by atoms with E-state index in [1.807, 2.05) is 20.8 Å². The molecule has 1 aliphatic carbocycles. The lowest BCUT2D eigenvalue weighted by Gasteiger charge is -2.46. The van der Waals surface area contributed by atoms with Crippen molar-refractivity contribution in [3.63, 3.8) is 0 Å². The molecule has 0 saturated heterocycles. The molecule has 0 aromatic heterocycles. The van der Waals surface area contributed by atoms with Crippen molar-refractivity contribution in [1.82, 2.24) is 10.6 Å². The Balaban J connectivity index is 2.60. The Morgan fingerprint density at radius 2 is 1.86 bits per heavy atom. The molecule has 7 heteroatoms. The second kappa shape index (κ2) is 6.89. The highest BCUT2D eigenvalue weighted by molar-refractivity contribution is 5.85. The first kappa shape index (κ1) is 17.4. The molecule has 3 atom stereocenters. The largest absolute Gasteiger partial charge is 0.481 e. The van der Waals surface area contributed by atoms with Crippen molar-refractivity contribution < 1.29 is 19.5 Å². The van der Waals surface area contributed by atoms with Gasteiger partial charge in [-0.2, -0.15) is 0 Å². The predicted molar refractivity (Wildman–Crippen MR) is 77.3 cm³/mol. The Morgan fingerprint density at radius 1 is 1.24 bits per heavy atom. The summed E-state index contributed by atoms with van der Waals surface area (Å²) in [5, 5.41) is 14.6. The van der Waals surface area contributed by atoms with Crippen molar-refractivity contribution >= 4 is 17.8 Å². The summed E-state index contributed by atoms with van der Waals surface area (Å²) in [5.74, 6) is -1.82. The maximum absolute atomic E-state index is 11.8. The fourth-order valence-electron chi connectivity index (χ4n) is 2.95. The van der Waals surface area contributed by atoms with Crippen molar-refractivity contribution in [3.05, 3.63) is 0 Å². The van der Waals surface area contributed by atoms with Crippen molar-refractivity contribution in [2.45, 2.75) is 39.7 Å². The zero-order chi connectivity index (χ0) is 16.2. The van der Waals surface area contributed by atoms with E-state index in [1.165, 1.54) is 0 Å². The van der Waals surface area contributed by atoms with Crippen LogP contribution in [0.3, 0.4) is 0 Å². The smallest absolute Gasteiger partial charge is 0.307 e. The predicted octanol–water partition coefficient (Wildman–Crippen LogP) is -0.297. The van der Waals surface area contributed by atoms with Gasteiger partial charge in [0, 0.05) is 6.04 Å². The maximum Gasteiger partial charge on any atom is 0.307 e. The number of amides is 2. The van der Waals surface area contributed by atoms with E-state index in [0.717, 1.165) is 0 Å². The molecule has 0 aliphatic heterocycles. The summed E-state index contributed by atoms with van der Waals surface area (Å²) in [6, 6.07) is -0.0853. The molecule has 1 fully saturated rings. The van der Waals surface area contributed by atoms with Crippen molar-refractivity contribution in [3.8, 4) is 0 Å². The Hall–Kier alpha value is -1.63. The number of aliphatic carboxylic acids is 1. The van der Waals surface area contributed by atoms with Crippen LogP contribution in [0.1, 0.15) is 33.6 Å². The van der Waals surface area contributed by atoms with Gasteiger partial charge in [-0.25, -0.2) is 0 Å². The third kappa shape index (κ3) is 4.17. The number of carboxylic acids is 1. The van der Waals surface area contributed by atoms with Gasteiger partial charge < -0.3 is 21.5 Å². The van der Waals surface area contributed by atoms with Crippen molar-refractivity contribution in [2.24, 2.45) is 23.0 Å². The molecule has 0 spiro atoms. The first-order valence-corrected chi connectivity index (χ1v) is 7.19. The summed E-state index contributed by atoms with van der Waals surface area (Å²) in [7, 11) is 0. The van der Waals surface area contributed by atoms with Crippen LogP contribution in [0.5, 0.6) is 0 Å². The van der Waals surface area contributed by atoms with Gasteiger partial charge >= 0.3 is 5.97 Å². The minimum Gasteiger partial charge on any atom is -0.481 e. The van der Waals surface area contributed by atoms with Crippen molar-refractivity contribution in [2.75, 3.05) is 13.1 Å². The molecule has 0 aromatic rings. The molecule has 2 amide bonds. The molecule has 1 rings (SSSR count). The van der Waals surface area contributed by atoms with E-state index >= 15 is 0 Å². The van der Waals surface area contributed by atoms with Gasteiger partial charge in [-0.3, -0.25) is 14.4 Å². The number of nitrogens with two attached hydrogens (primary N) is 1. The zero-order valence-electron chi connectivity index (χ0n) is 12.8. The van der Waals surface area contributed by atoms with E-state index in [-0.39, 0.29) is 36.9 Å². The monoisotopic (exact) mass is 299 g/mol. The summed E-state index contributed by atoms with van der Waals surface area (Å²) in [4.78, 5) is 34.1. The van der Waals surface area contributed by atoms with Crippen LogP contribution in [0, 0.1) is 17.3 Å². The third-order valence-corrected chi connectivity index (χ3v) is 4.72. The van der Waals surface area contributed by atoms with Crippen LogP contribution in [0.2, 0.25) is 0 Å². The van der Waals surface area contributed by atoms with E-state index < -0.39 is 17.3 Å². The number of carboxylic acid groups (broad SMARTS) is 1. The highest BCUT2D eigenvalue weighted by atomic mass is 16.4. The van der Waals surface area contributed by atoms with E-state index in [0.29, 0.717) is 12.8 Å². The molecule has 5 N–H and O–H groups in total. The van der Waals surface area contributed by atoms with Gasteiger partial charge in [-0.15, -0.1) is 0 Å². The van der Waals surface area contributed by atoms with Gasteiger partial charge in [0.2, 0.25) is 11.8 Å². The van der Waals surface area contributed by atoms with Gasteiger partial charge in [0.15, 0.2) is 0 Å². The maximum atomic E-state index is 11.8. The highest BCUT2D eigenvalue weighted by Crippen LogP contribution is 2.44. The first-order valence-electron chi connectivity index (χ1n) is 7.19. The normalized spacial score (nSPS) is 27.7. The van der Waals surface area contributed by atoms with Crippen LogP contribution in [0.15, 0.2) is 0 Å². The number of rotatable bonds is 5. The van der Waals surface area contributed by atoms with E-state index in [4.69, 9.17) is 5.73 Å². The summed E-state index contributed by atoms with van der Waals surface area (Å²) in [6.45, 7) is 5.54. The first-order chi connectivity index (χ1) is 9.70. The second-order valence-electron chi connectivity index (χ2n) is 6.23. The lowest BCUT2D eigenvalue weighted by molar-refractivity contribution is -0.150. The molecule has 21 heavy (non-hydrogen) atoms. The van der Waals surface area contributed by atoms with Gasteiger partial charge in [0.05, 0.1) is 19.0 Å². The molecule has 0 radical (unpaired) electrons. The molecule has 7 nitrogen and oxygen atoms in total. The van der Waals surface area contributed by atoms with E-state index in [1.54, 1.807) is 0 Å². The fraction of sp³-hybridized carbons (Fsp3) is 0.786. The summed E-state index contributed by atoms with van der Waals surface area (Å²) < 4.78 is 0. The number of hydrogen-bond donors (Lipinski definition) is 4. The van der Waals surface area contributed by atoms with E-state index in [9.17, 15) is 19.5 Å². The Labute approximate surface area is 124 Å². The SMILES string of the molecule is CC1C(NC(=O)CNC(=O)CN)CCC(C(=O)O)C1(C)C. The Kier molecular flexibility index (Phi) is 5.71. The standard InChI is InChI=1S/C14H25N3O4/c1-8-10(17-12(19)7-16-11(18)6-15)5-4-9(13(20)21)14(8,2)3/h8-10H,4-7,15H2,1-3H3,(H,16,18)(H,17,19)(H,20,21). The zero-order valence-corrected chi connectivity index (χ0v) is 12.8. The summed E-state index contributed by atoms with van der Waals surface area (Å²) in [6.07, 6.45) is 1.16. The van der Waals surface area contributed by atoms with Crippen molar-refractivity contribution in [1.29, 1.82) is 0 Å². The molecule has 0 aromatic carbocycles. The number of carbonyl (C=O) groups is 3. The summed E-state index contributed by atoms with van der Waals surface area (Å²) in [5.41, 5.74) is 4.74. The molecule has 1 saturated carbocycles. The molecule has 3 unspecified atom stereocenters. The van der Waals surface area contributed by atoms with Crippen LogP contribution in [0.25, 0.3) is 0 Å². The Morgan fingerprint density at radius 3 is 2.38 bits per heavy atom. The average Bonchev–Trinajstić information content (AvgIpc) is 2.40. The van der Waals surface area contributed by atoms with Crippen LogP contribution in [0.4, 0.5) is 0 Å². The van der Waals surface area contributed by atoms with Gasteiger partial charge in [-0.1, -0.05) is 20.8 Å². The molecular formula is C14H25N3O4. The summed E-state index contributed by atoms with van der Waals surface area (Å²) >= 11 is 0. The van der Waals surface area contributed by atoms with Gasteiger partial charge in [0.1, 0.15) is 0 Å². The van der Waals surface area contributed by atoms with Crippen LogP contribution >= 0.6 is 0 Å². The molecular weight excluding hydrogens is 274 g/mol. The average molecular weight is 299 g/mol. The lowest BCUT2D eigenvalue weighted by atomic mass is 9.61. The van der Waals surface area contributed by atoms with E-state index in [2.05, 4.69) is 10.6 Å². The number of hydrogen-bond acceptors (Lipinski definition) is 4. The molecule has 0 heterocycles. The molecule has 1 aliphatic rings. The lowest BCUT2D eigenvalue weighted by Crippen LogP contribution is -2.53.